The monoisotopic (exact) mass is 314 g/mol. The summed E-state index contributed by atoms with van der Waals surface area (Å²) in [4.78, 5) is 23.6. The van der Waals surface area contributed by atoms with Gasteiger partial charge in [0.05, 0.1) is 10.8 Å². The summed E-state index contributed by atoms with van der Waals surface area (Å²) in [6, 6.07) is 0. The zero-order valence-electron chi connectivity index (χ0n) is 14.1. The van der Waals surface area contributed by atoms with Crippen molar-refractivity contribution in [2.45, 2.75) is 60.0 Å². The molecule has 6 heteroatoms. The standard InChI is InChI=1S/C16H26O6/c1-15(2,3)13(18)20-9-11-10(17)7-8-12(21-11)22-14(19)16(4,5)6/h7-8,10-12,17H,9H2,1-6H3/t10-,11+,12+/m0/s1. The first kappa shape index (κ1) is 18.6. The molecule has 0 bridgehead atoms. The summed E-state index contributed by atoms with van der Waals surface area (Å²) in [7, 11) is 0. The summed E-state index contributed by atoms with van der Waals surface area (Å²) in [6.45, 7) is 10.3. The fourth-order valence-corrected chi connectivity index (χ4v) is 1.49. The lowest BCUT2D eigenvalue weighted by Gasteiger charge is -2.31. The number of carbonyl (C=O) groups excluding carboxylic acids is 2. The fourth-order valence-electron chi connectivity index (χ4n) is 1.49. The Morgan fingerprint density at radius 3 is 2.09 bits per heavy atom. The summed E-state index contributed by atoms with van der Waals surface area (Å²) in [5, 5.41) is 9.85. The zero-order chi connectivity index (χ0) is 17.1. The molecule has 1 aliphatic heterocycles. The van der Waals surface area contributed by atoms with Crippen LogP contribution >= 0.6 is 0 Å². The highest BCUT2D eigenvalue weighted by atomic mass is 16.7. The summed E-state index contributed by atoms with van der Waals surface area (Å²) < 4.78 is 15.8. The number of aliphatic hydroxyl groups is 1. The minimum Gasteiger partial charge on any atom is -0.462 e. The molecule has 0 saturated heterocycles. The molecule has 1 aliphatic rings. The molecule has 0 aromatic heterocycles. The van der Waals surface area contributed by atoms with Crippen LogP contribution in [0.3, 0.4) is 0 Å². The van der Waals surface area contributed by atoms with Gasteiger partial charge in [-0.2, -0.15) is 0 Å². The van der Waals surface area contributed by atoms with E-state index in [1.807, 2.05) is 0 Å². The molecule has 0 fully saturated rings. The van der Waals surface area contributed by atoms with Crippen molar-refractivity contribution < 1.29 is 28.9 Å². The third-order valence-corrected chi connectivity index (χ3v) is 2.98. The van der Waals surface area contributed by atoms with Crippen LogP contribution in [-0.2, 0) is 23.8 Å². The largest absolute Gasteiger partial charge is 0.462 e. The molecule has 0 aromatic carbocycles. The molecule has 0 spiro atoms. The molecular formula is C16H26O6. The van der Waals surface area contributed by atoms with E-state index in [4.69, 9.17) is 14.2 Å². The highest BCUT2D eigenvalue weighted by Gasteiger charge is 2.33. The van der Waals surface area contributed by atoms with Gasteiger partial charge >= 0.3 is 11.9 Å². The number of aliphatic hydroxyl groups excluding tert-OH is 1. The van der Waals surface area contributed by atoms with Gasteiger partial charge in [0, 0.05) is 0 Å². The van der Waals surface area contributed by atoms with E-state index in [0.717, 1.165) is 0 Å². The van der Waals surface area contributed by atoms with E-state index < -0.39 is 35.3 Å². The van der Waals surface area contributed by atoms with Gasteiger partial charge in [-0.25, -0.2) is 0 Å². The molecular weight excluding hydrogens is 288 g/mol. The second kappa shape index (κ2) is 6.79. The van der Waals surface area contributed by atoms with Crippen LogP contribution in [0.5, 0.6) is 0 Å². The molecule has 0 unspecified atom stereocenters. The summed E-state index contributed by atoms with van der Waals surface area (Å²) in [5.41, 5.74) is -1.28. The maximum absolute atomic E-state index is 11.8. The predicted molar refractivity (Wildman–Crippen MR) is 79.8 cm³/mol. The van der Waals surface area contributed by atoms with Crippen molar-refractivity contribution in [1.82, 2.24) is 0 Å². The second-order valence-corrected chi connectivity index (χ2v) is 7.42. The van der Waals surface area contributed by atoms with Crippen LogP contribution in [-0.4, -0.2) is 42.1 Å². The van der Waals surface area contributed by atoms with E-state index in [2.05, 4.69) is 0 Å². The van der Waals surface area contributed by atoms with Crippen molar-refractivity contribution in [2.75, 3.05) is 6.61 Å². The Kier molecular flexibility index (Phi) is 5.76. The van der Waals surface area contributed by atoms with Crippen LogP contribution in [0.1, 0.15) is 41.5 Å². The highest BCUT2D eigenvalue weighted by molar-refractivity contribution is 5.76. The van der Waals surface area contributed by atoms with Gasteiger partial charge in [-0.15, -0.1) is 0 Å². The minimum atomic E-state index is -0.919. The van der Waals surface area contributed by atoms with Gasteiger partial charge in [0.15, 0.2) is 0 Å². The molecule has 3 atom stereocenters. The first-order valence-corrected chi connectivity index (χ1v) is 7.31. The van der Waals surface area contributed by atoms with Crippen molar-refractivity contribution in [3.8, 4) is 0 Å². The SMILES string of the molecule is CC(C)(C)C(=O)OC[C@H]1O[C@H](OC(=O)C(C)(C)C)C=C[C@@H]1O. The number of rotatable bonds is 3. The van der Waals surface area contributed by atoms with Crippen LogP contribution in [0, 0.1) is 10.8 Å². The lowest BCUT2D eigenvalue weighted by molar-refractivity contribution is -0.204. The average Bonchev–Trinajstić information content (AvgIpc) is 2.36. The van der Waals surface area contributed by atoms with Gasteiger partial charge in [-0.3, -0.25) is 9.59 Å². The molecule has 0 saturated carbocycles. The lowest BCUT2D eigenvalue weighted by atomic mass is 9.97. The third-order valence-electron chi connectivity index (χ3n) is 2.98. The topological polar surface area (TPSA) is 82.1 Å². The number of hydrogen-bond acceptors (Lipinski definition) is 6. The highest BCUT2D eigenvalue weighted by Crippen LogP contribution is 2.21. The molecule has 0 aromatic rings. The number of esters is 2. The van der Waals surface area contributed by atoms with Gasteiger partial charge in [-0.05, 0) is 47.6 Å². The normalized spacial score (nSPS) is 25.7. The van der Waals surface area contributed by atoms with E-state index in [1.54, 1.807) is 41.5 Å². The molecule has 22 heavy (non-hydrogen) atoms. The quantitative estimate of drug-likeness (QED) is 0.632. The smallest absolute Gasteiger partial charge is 0.313 e. The van der Waals surface area contributed by atoms with Crippen molar-refractivity contribution in [3.63, 3.8) is 0 Å². The molecule has 1 heterocycles. The molecule has 0 radical (unpaired) electrons. The summed E-state index contributed by atoms with van der Waals surface area (Å²) in [5.74, 6) is -0.801. The Labute approximate surface area is 131 Å². The first-order chi connectivity index (χ1) is 9.91. The molecule has 6 nitrogen and oxygen atoms in total. The maximum atomic E-state index is 11.8. The number of hydrogen-bond donors (Lipinski definition) is 1. The van der Waals surface area contributed by atoms with Gasteiger partial charge in [0.1, 0.15) is 18.8 Å². The molecule has 126 valence electrons. The second-order valence-electron chi connectivity index (χ2n) is 7.42. The Bertz CT molecular complexity index is 441. The van der Waals surface area contributed by atoms with E-state index in [1.165, 1.54) is 12.2 Å². The van der Waals surface area contributed by atoms with E-state index >= 15 is 0 Å². The Balaban J connectivity index is 2.59. The zero-order valence-corrected chi connectivity index (χ0v) is 14.1. The first-order valence-electron chi connectivity index (χ1n) is 7.31. The van der Waals surface area contributed by atoms with Crippen molar-refractivity contribution in [1.29, 1.82) is 0 Å². The van der Waals surface area contributed by atoms with Crippen molar-refractivity contribution >= 4 is 11.9 Å². The van der Waals surface area contributed by atoms with Gasteiger partial charge in [0.2, 0.25) is 6.29 Å². The van der Waals surface area contributed by atoms with Crippen LogP contribution in [0.2, 0.25) is 0 Å². The maximum Gasteiger partial charge on any atom is 0.313 e. The van der Waals surface area contributed by atoms with Crippen molar-refractivity contribution in [3.05, 3.63) is 12.2 Å². The Hall–Kier alpha value is -1.40. The average molecular weight is 314 g/mol. The van der Waals surface area contributed by atoms with Crippen molar-refractivity contribution in [2.24, 2.45) is 10.8 Å². The summed E-state index contributed by atoms with van der Waals surface area (Å²) in [6.07, 6.45) is 0.357. The Morgan fingerprint density at radius 1 is 1.05 bits per heavy atom. The molecule has 1 N–H and O–H groups in total. The molecule has 0 amide bonds. The van der Waals surface area contributed by atoms with E-state index in [-0.39, 0.29) is 12.6 Å². The van der Waals surface area contributed by atoms with Gasteiger partial charge < -0.3 is 19.3 Å². The number of carbonyl (C=O) groups is 2. The van der Waals surface area contributed by atoms with Gasteiger partial charge in [0.25, 0.3) is 0 Å². The Morgan fingerprint density at radius 2 is 1.59 bits per heavy atom. The summed E-state index contributed by atoms with van der Waals surface area (Å²) >= 11 is 0. The van der Waals surface area contributed by atoms with Gasteiger partial charge in [-0.1, -0.05) is 6.08 Å². The van der Waals surface area contributed by atoms with Crippen LogP contribution in [0.25, 0.3) is 0 Å². The molecule has 1 rings (SSSR count). The van der Waals surface area contributed by atoms with E-state index in [0.29, 0.717) is 0 Å². The van der Waals surface area contributed by atoms with E-state index in [9.17, 15) is 14.7 Å². The van der Waals surface area contributed by atoms with Crippen LogP contribution in [0.15, 0.2) is 12.2 Å². The predicted octanol–water partition coefficient (Wildman–Crippen LogP) is 1.81. The molecule has 0 aliphatic carbocycles. The fraction of sp³-hybridized carbons (Fsp3) is 0.750. The lowest BCUT2D eigenvalue weighted by Crippen LogP contribution is -2.42. The van der Waals surface area contributed by atoms with Crippen LogP contribution < -0.4 is 0 Å². The minimum absolute atomic E-state index is 0.106. The third kappa shape index (κ3) is 5.42. The number of ether oxygens (including phenoxy) is 3. The van der Waals surface area contributed by atoms with Crippen LogP contribution in [0.4, 0.5) is 0 Å².